The number of anilines is 1. The molecule has 1 aromatic heterocycles. The lowest BCUT2D eigenvalue weighted by Crippen LogP contribution is -2.30. The molecule has 4 rings (SSSR count). The van der Waals surface area contributed by atoms with Gasteiger partial charge in [0.25, 0.3) is 15.9 Å². The van der Waals surface area contributed by atoms with Gasteiger partial charge in [-0.25, -0.2) is 8.42 Å². The van der Waals surface area contributed by atoms with E-state index in [9.17, 15) is 13.2 Å². The molecule has 200 valence electrons. The van der Waals surface area contributed by atoms with Gasteiger partial charge in [0.05, 0.1) is 36.8 Å². The molecule has 0 atom stereocenters. The third-order valence-corrected chi connectivity index (χ3v) is 9.13. The standard InChI is InChI=1S/C28H30N2O6S2/c1-5-30(38(32,33)23-10-8-22(34-2)9-11-23)21-7-13-26-20(17-21)18-27(37-26)28(31)29-15-14-19-6-12-24(35-3)25(16-19)36-4/h6-13,16-18H,5,14-15H2,1-4H3,(H,29,31). The van der Waals surface area contributed by atoms with Crippen LogP contribution in [0.4, 0.5) is 5.69 Å². The van der Waals surface area contributed by atoms with E-state index in [0.717, 1.165) is 15.6 Å². The van der Waals surface area contributed by atoms with Crippen molar-refractivity contribution in [3.63, 3.8) is 0 Å². The molecule has 0 unspecified atom stereocenters. The Kier molecular flexibility index (Phi) is 8.43. The topological polar surface area (TPSA) is 94.2 Å². The first-order valence-electron chi connectivity index (χ1n) is 12.0. The number of rotatable bonds is 11. The van der Waals surface area contributed by atoms with Gasteiger partial charge < -0.3 is 19.5 Å². The lowest BCUT2D eigenvalue weighted by atomic mass is 10.1. The Balaban J connectivity index is 1.48. The number of ether oxygens (including phenoxy) is 3. The number of carbonyl (C=O) groups excluding carboxylic acids is 1. The van der Waals surface area contributed by atoms with Crippen molar-refractivity contribution in [2.24, 2.45) is 0 Å². The third kappa shape index (κ3) is 5.71. The van der Waals surface area contributed by atoms with E-state index in [1.165, 1.54) is 34.9 Å². The first kappa shape index (κ1) is 27.3. The normalized spacial score (nSPS) is 11.3. The number of carbonyl (C=O) groups is 1. The van der Waals surface area contributed by atoms with Gasteiger partial charge in [-0.2, -0.15) is 0 Å². The van der Waals surface area contributed by atoms with E-state index >= 15 is 0 Å². The van der Waals surface area contributed by atoms with Crippen LogP contribution in [0.1, 0.15) is 22.2 Å². The van der Waals surface area contributed by atoms with E-state index in [0.29, 0.717) is 40.8 Å². The summed E-state index contributed by atoms with van der Waals surface area (Å²) in [6.45, 7) is 2.50. The van der Waals surface area contributed by atoms with Gasteiger partial charge in [-0.3, -0.25) is 9.10 Å². The number of nitrogens with zero attached hydrogens (tertiary/aromatic N) is 1. The lowest BCUT2D eigenvalue weighted by Gasteiger charge is -2.23. The third-order valence-electron chi connectivity index (χ3n) is 6.09. The van der Waals surface area contributed by atoms with E-state index in [-0.39, 0.29) is 17.3 Å². The minimum Gasteiger partial charge on any atom is -0.497 e. The van der Waals surface area contributed by atoms with Crippen molar-refractivity contribution in [2.75, 3.05) is 38.7 Å². The van der Waals surface area contributed by atoms with Crippen LogP contribution in [0, 0.1) is 0 Å². The SMILES string of the molecule is CCN(c1ccc2sc(C(=O)NCCc3ccc(OC)c(OC)c3)cc2c1)S(=O)(=O)c1ccc(OC)cc1. The molecule has 8 nitrogen and oxygen atoms in total. The number of nitrogens with one attached hydrogen (secondary N) is 1. The summed E-state index contributed by atoms with van der Waals surface area (Å²) in [7, 11) is 0.939. The number of hydrogen-bond acceptors (Lipinski definition) is 7. The minimum atomic E-state index is -3.77. The summed E-state index contributed by atoms with van der Waals surface area (Å²) in [5.41, 5.74) is 1.55. The molecule has 0 aliphatic rings. The predicted molar refractivity (Wildman–Crippen MR) is 151 cm³/mol. The van der Waals surface area contributed by atoms with Gasteiger partial charge in [-0.15, -0.1) is 11.3 Å². The first-order chi connectivity index (χ1) is 18.3. The Morgan fingerprint density at radius 2 is 1.63 bits per heavy atom. The van der Waals surface area contributed by atoms with Crippen molar-refractivity contribution in [3.8, 4) is 17.2 Å². The van der Waals surface area contributed by atoms with Crippen LogP contribution in [-0.4, -0.2) is 48.7 Å². The molecule has 10 heteroatoms. The molecular formula is C28H30N2O6S2. The van der Waals surface area contributed by atoms with Gasteiger partial charge in [-0.1, -0.05) is 6.07 Å². The largest absolute Gasteiger partial charge is 0.497 e. The Bertz CT molecular complexity index is 1530. The highest BCUT2D eigenvalue weighted by molar-refractivity contribution is 7.92. The Hall–Kier alpha value is -3.76. The molecule has 1 amide bonds. The lowest BCUT2D eigenvalue weighted by molar-refractivity contribution is 0.0958. The molecule has 4 aromatic rings. The van der Waals surface area contributed by atoms with Crippen LogP contribution < -0.4 is 23.8 Å². The van der Waals surface area contributed by atoms with Crippen LogP contribution in [0.3, 0.4) is 0 Å². The number of amides is 1. The van der Waals surface area contributed by atoms with Gasteiger partial charge in [0, 0.05) is 17.8 Å². The summed E-state index contributed by atoms with van der Waals surface area (Å²) in [5.74, 6) is 1.71. The highest BCUT2D eigenvalue weighted by atomic mass is 32.2. The molecule has 0 fully saturated rings. The van der Waals surface area contributed by atoms with Gasteiger partial charge in [0.15, 0.2) is 11.5 Å². The van der Waals surface area contributed by atoms with Gasteiger partial charge in [-0.05, 0) is 85.0 Å². The molecule has 0 bridgehead atoms. The van der Waals surface area contributed by atoms with Crippen molar-refractivity contribution < 1.29 is 27.4 Å². The summed E-state index contributed by atoms with van der Waals surface area (Å²) in [6.07, 6.45) is 0.635. The van der Waals surface area contributed by atoms with Crippen LogP contribution >= 0.6 is 11.3 Å². The number of methoxy groups -OCH3 is 3. The molecule has 0 aliphatic carbocycles. The van der Waals surface area contributed by atoms with Crippen LogP contribution in [0.2, 0.25) is 0 Å². The fourth-order valence-electron chi connectivity index (χ4n) is 4.11. The molecule has 38 heavy (non-hydrogen) atoms. The van der Waals surface area contributed by atoms with E-state index in [1.807, 2.05) is 24.3 Å². The average molecular weight is 555 g/mol. The van der Waals surface area contributed by atoms with Crippen molar-refractivity contribution in [1.29, 1.82) is 0 Å². The molecule has 0 radical (unpaired) electrons. The Morgan fingerprint density at radius 3 is 2.29 bits per heavy atom. The molecule has 3 aromatic carbocycles. The zero-order chi connectivity index (χ0) is 27.3. The van der Waals surface area contributed by atoms with Gasteiger partial charge >= 0.3 is 0 Å². The summed E-state index contributed by atoms with van der Waals surface area (Å²) < 4.78 is 44.7. The Labute approximate surface area is 226 Å². The Morgan fingerprint density at radius 1 is 0.895 bits per heavy atom. The van der Waals surface area contributed by atoms with Crippen LogP contribution in [-0.2, 0) is 16.4 Å². The van der Waals surface area contributed by atoms with Crippen molar-refractivity contribution in [1.82, 2.24) is 5.32 Å². The zero-order valence-corrected chi connectivity index (χ0v) is 23.3. The van der Waals surface area contributed by atoms with Crippen molar-refractivity contribution >= 4 is 43.0 Å². The number of hydrogen-bond donors (Lipinski definition) is 1. The minimum absolute atomic E-state index is 0.175. The number of sulfonamides is 1. The van der Waals surface area contributed by atoms with Crippen LogP contribution in [0.5, 0.6) is 17.2 Å². The predicted octanol–water partition coefficient (Wildman–Crippen LogP) is 5.11. The second-order valence-corrected chi connectivity index (χ2v) is 11.3. The maximum atomic E-state index is 13.3. The second kappa shape index (κ2) is 11.7. The number of thiophene rings is 1. The fourth-order valence-corrected chi connectivity index (χ4v) is 6.53. The van der Waals surface area contributed by atoms with Gasteiger partial charge in [0.2, 0.25) is 0 Å². The highest BCUT2D eigenvalue weighted by Crippen LogP contribution is 2.32. The smallest absolute Gasteiger partial charge is 0.264 e. The van der Waals surface area contributed by atoms with E-state index in [1.54, 1.807) is 51.5 Å². The molecular weight excluding hydrogens is 524 g/mol. The molecule has 1 heterocycles. The van der Waals surface area contributed by atoms with E-state index in [4.69, 9.17) is 14.2 Å². The van der Waals surface area contributed by atoms with Crippen LogP contribution in [0.25, 0.3) is 10.1 Å². The maximum absolute atomic E-state index is 13.3. The van der Waals surface area contributed by atoms with Gasteiger partial charge in [0.1, 0.15) is 5.75 Å². The maximum Gasteiger partial charge on any atom is 0.264 e. The molecule has 0 saturated carbocycles. The molecule has 0 aliphatic heterocycles. The fraction of sp³-hybridized carbons (Fsp3) is 0.250. The van der Waals surface area contributed by atoms with Crippen molar-refractivity contribution in [3.05, 3.63) is 77.2 Å². The average Bonchev–Trinajstić information content (AvgIpc) is 3.37. The quantitative estimate of drug-likeness (QED) is 0.277. The summed E-state index contributed by atoms with van der Waals surface area (Å²) in [5, 5.41) is 3.77. The highest BCUT2D eigenvalue weighted by Gasteiger charge is 2.24. The first-order valence-corrected chi connectivity index (χ1v) is 14.3. The zero-order valence-electron chi connectivity index (χ0n) is 21.7. The number of benzene rings is 3. The summed E-state index contributed by atoms with van der Waals surface area (Å²) in [4.78, 5) is 13.6. The monoisotopic (exact) mass is 554 g/mol. The molecule has 0 spiro atoms. The number of fused-ring (bicyclic) bond motifs is 1. The molecule has 0 saturated heterocycles. The van der Waals surface area contributed by atoms with Crippen LogP contribution in [0.15, 0.2) is 71.6 Å². The molecule has 1 N–H and O–H groups in total. The second-order valence-electron chi connectivity index (χ2n) is 8.37. The van der Waals surface area contributed by atoms with Crippen molar-refractivity contribution in [2.45, 2.75) is 18.2 Å². The van der Waals surface area contributed by atoms with E-state index < -0.39 is 10.0 Å². The summed E-state index contributed by atoms with van der Waals surface area (Å²) >= 11 is 1.37. The van der Waals surface area contributed by atoms with E-state index in [2.05, 4.69) is 5.32 Å². The summed E-state index contributed by atoms with van der Waals surface area (Å²) in [6, 6.07) is 19.2.